The van der Waals surface area contributed by atoms with Crippen molar-refractivity contribution < 1.29 is 9.59 Å². The van der Waals surface area contributed by atoms with E-state index in [-0.39, 0.29) is 18.4 Å². The van der Waals surface area contributed by atoms with Gasteiger partial charge in [-0.15, -0.1) is 0 Å². The molecule has 0 atom stereocenters. The van der Waals surface area contributed by atoms with Gasteiger partial charge in [0.2, 0.25) is 0 Å². The molecule has 2 amide bonds. The van der Waals surface area contributed by atoms with E-state index >= 15 is 0 Å². The average molecular weight is 397 g/mol. The first-order chi connectivity index (χ1) is 14.4. The van der Waals surface area contributed by atoms with Gasteiger partial charge in [0.15, 0.2) is 0 Å². The van der Waals surface area contributed by atoms with Crippen LogP contribution in [0, 0.1) is 20.8 Å². The van der Waals surface area contributed by atoms with Gasteiger partial charge in [-0.1, -0.05) is 47.5 Å². The number of benzene rings is 2. The van der Waals surface area contributed by atoms with Crippen LogP contribution in [0.3, 0.4) is 0 Å². The third kappa shape index (κ3) is 3.74. The van der Waals surface area contributed by atoms with Crippen molar-refractivity contribution in [3.63, 3.8) is 0 Å². The Bertz CT molecular complexity index is 1150. The minimum atomic E-state index is -0.346. The topological polar surface area (TPSA) is 62.3 Å². The molecule has 2 heterocycles. The van der Waals surface area contributed by atoms with Gasteiger partial charge in [-0.25, -0.2) is 0 Å². The Morgan fingerprint density at radius 3 is 2.27 bits per heavy atom. The van der Waals surface area contributed by atoms with Crippen LogP contribution in [0.15, 0.2) is 72.6 Å². The summed E-state index contributed by atoms with van der Waals surface area (Å²) in [6.07, 6.45) is 1.66. The fraction of sp³-hybridized carbons (Fsp3) is 0.160. The van der Waals surface area contributed by atoms with Crippen molar-refractivity contribution in [1.29, 1.82) is 0 Å². The highest BCUT2D eigenvalue weighted by Gasteiger charge is 2.39. The van der Waals surface area contributed by atoms with Crippen LogP contribution in [-0.4, -0.2) is 21.7 Å². The highest BCUT2D eigenvalue weighted by molar-refractivity contribution is 6.36. The van der Waals surface area contributed by atoms with Crippen molar-refractivity contribution in [2.45, 2.75) is 27.3 Å². The second kappa shape index (κ2) is 7.95. The predicted molar refractivity (Wildman–Crippen MR) is 117 cm³/mol. The number of pyridine rings is 1. The quantitative estimate of drug-likeness (QED) is 0.648. The molecule has 1 aromatic heterocycles. The Morgan fingerprint density at radius 1 is 0.867 bits per heavy atom. The fourth-order valence-electron chi connectivity index (χ4n) is 3.61. The van der Waals surface area contributed by atoms with Gasteiger partial charge in [0, 0.05) is 11.9 Å². The molecule has 30 heavy (non-hydrogen) atoms. The third-order valence-electron chi connectivity index (χ3n) is 5.19. The van der Waals surface area contributed by atoms with Crippen LogP contribution in [0.4, 0.5) is 5.69 Å². The van der Waals surface area contributed by atoms with E-state index in [1.54, 1.807) is 12.3 Å². The maximum atomic E-state index is 13.4. The van der Waals surface area contributed by atoms with Crippen LogP contribution >= 0.6 is 0 Å². The molecule has 0 spiro atoms. The summed E-state index contributed by atoms with van der Waals surface area (Å²) in [5.41, 5.74) is 6.06. The summed E-state index contributed by atoms with van der Waals surface area (Å²) in [5, 5.41) is 3.20. The Balaban J connectivity index is 1.78. The molecule has 150 valence electrons. The van der Waals surface area contributed by atoms with Crippen molar-refractivity contribution in [3.05, 3.63) is 101 Å². The lowest BCUT2D eigenvalue weighted by atomic mass is 9.97. The lowest BCUT2D eigenvalue weighted by molar-refractivity contribution is -0.137. The summed E-state index contributed by atoms with van der Waals surface area (Å²) in [6, 6.07) is 19.1. The van der Waals surface area contributed by atoms with E-state index in [1.807, 2.05) is 75.4 Å². The molecule has 0 aliphatic carbocycles. The SMILES string of the molecule is Cc1ccc(NC2=C(c3ccc(C)cc3C)C(=O)N(Cc3ccccn3)C2=O)cc1. The van der Waals surface area contributed by atoms with Crippen LogP contribution < -0.4 is 5.32 Å². The molecule has 5 heteroatoms. The average Bonchev–Trinajstić information content (AvgIpc) is 2.95. The van der Waals surface area contributed by atoms with Crippen LogP contribution in [0.1, 0.15) is 27.9 Å². The van der Waals surface area contributed by atoms with Gasteiger partial charge in [0.05, 0.1) is 17.8 Å². The molecular weight excluding hydrogens is 374 g/mol. The highest BCUT2D eigenvalue weighted by Crippen LogP contribution is 2.33. The van der Waals surface area contributed by atoms with E-state index in [0.717, 1.165) is 27.9 Å². The first kappa shape index (κ1) is 19.6. The molecule has 1 N–H and O–H groups in total. The number of carbonyl (C=O) groups is 2. The fourth-order valence-corrected chi connectivity index (χ4v) is 3.61. The molecule has 0 fully saturated rings. The van der Waals surface area contributed by atoms with Crippen molar-refractivity contribution in [2.75, 3.05) is 5.32 Å². The second-order valence-corrected chi connectivity index (χ2v) is 7.58. The number of aromatic nitrogens is 1. The molecule has 4 rings (SSSR count). The van der Waals surface area contributed by atoms with Gasteiger partial charge in [0.25, 0.3) is 11.8 Å². The number of hydrogen-bond donors (Lipinski definition) is 1. The standard InChI is InChI=1S/C25H23N3O2/c1-16-7-10-19(11-8-16)27-23-22(21-12-9-17(2)14-18(21)3)24(29)28(25(23)30)15-20-6-4-5-13-26-20/h4-14,27H,15H2,1-3H3. The predicted octanol–water partition coefficient (Wildman–Crippen LogP) is 4.40. The van der Waals surface area contributed by atoms with Crippen molar-refractivity contribution >= 4 is 23.1 Å². The Hall–Kier alpha value is -3.73. The first-order valence-electron chi connectivity index (χ1n) is 9.86. The van der Waals surface area contributed by atoms with E-state index in [2.05, 4.69) is 10.3 Å². The molecule has 0 unspecified atom stereocenters. The molecule has 2 aromatic carbocycles. The van der Waals surface area contributed by atoms with E-state index < -0.39 is 0 Å². The lowest BCUT2D eigenvalue weighted by Crippen LogP contribution is -2.32. The Kier molecular flexibility index (Phi) is 5.19. The van der Waals surface area contributed by atoms with Gasteiger partial charge in [0.1, 0.15) is 5.70 Å². The number of imide groups is 1. The Labute approximate surface area is 176 Å². The number of aryl methyl sites for hydroxylation is 3. The smallest absolute Gasteiger partial charge is 0.278 e. The molecule has 3 aromatic rings. The van der Waals surface area contributed by atoms with Crippen LogP contribution in [0.2, 0.25) is 0 Å². The van der Waals surface area contributed by atoms with Crippen molar-refractivity contribution in [2.24, 2.45) is 0 Å². The maximum Gasteiger partial charge on any atom is 0.278 e. The minimum absolute atomic E-state index is 0.131. The second-order valence-electron chi connectivity index (χ2n) is 7.58. The first-order valence-corrected chi connectivity index (χ1v) is 9.86. The van der Waals surface area contributed by atoms with Gasteiger partial charge in [-0.05, 0) is 56.2 Å². The summed E-state index contributed by atoms with van der Waals surface area (Å²) in [6.45, 7) is 6.10. The Morgan fingerprint density at radius 2 is 1.60 bits per heavy atom. The highest BCUT2D eigenvalue weighted by atomic mass is 16.2. The number of rotatable bonds is 5. The summed E-state index contributed by atoms with van der Waals surface area (Å²) in [5.74, 6) is -0.659. The van der Waals surface area contributed by atoms with Gasteiger partial charge in [-0.2, -0.15) is 0 Å². The summed E-state index contributed by atoms with van der Waals surface area (Å²) >= 11 is 0. The molecule has 5 nitrogen and oxygen atoms in total. The number of nitrogens with one attached hydrogen (secondary N) is 1. The number of nitrogens with zero attached hydrogens (tertiary/aromatic N) is 2. The zero-order chi connectivity index (χ0) is 21.3. The summed E-state index contributed by atoms with van der Waals surface area (Å²) in [4.78, 5) is 32.2. The summed E-state index contributed by atoms with van der Waals surface area (Å²) < 4.78 is 0. The molecule has 0 saturated carbocycles. The van der Waals surface area contributed by atoms with E-state index in [0.29, 0.717) is 17.0 Å². The van der Waals surface area contributed by atoms with Gasteiger partial charge < -0.3 is 5.32 Å². The van der Waals surface area contributed by atoms with Crippen LogP contribution in [-0.2, 0) is 16.1 Å². The zero-order valence-electron chi connectivity index (χ0n) is 17.3. The minimum Gasteiger partial charge on any atom is -0.350 e. The molecule has 1 aliphatic heterocycles. The van der Waals surface area contributed by atoms with E-state index in [9.17, 15) is 9.59 Å². The molecule has 1 aliphatic rings. The maximum absolute atomic E-state index is 13.4. The third-order valence-corrected chi connectivity index (χ3v) is 5.19. The van der Waals surface area contributed by atoms with E-state index in [4.69, 9.17) is 0 Å². The number of amides is 2. The number of carbonyl (C=O) groups excluding carboxylic acids is 2. The molecule has 0 radical (unpaired) electrons. The molecular formula is C25H23N3O2. The summed E-state index contributed by atoms with van der Waals surface area (Å²) in [7, 11) is 0. The van der Waals surface area contributed by atoms with Crippen molar-refractivity contribution in [3.8, 4) is 0 Å². The largest absolute Gasteiger partial charge is 0.350 e. The molecule has 0 bridgehead atoms. The van der Waals surface area contributed by atoms with Gasteiger partial charge in [-0.3, -0.25) is 19.5 Å². The zero-order valence-corrected chi connectivity index (χ0v) is 17.3. The van der Waals surface area contributed by atoms with E-state index in [1.165, 1.54) is 4.90 Å². The van der Waals surface area contributed by atoms with Crippen molar-refractivity contribution in [1.82, 2.24) is 9.88 Å². The monoisotopic (exact) mass is 397 g/mol. The van der Waals surface area contributed by atoms with Crippen LogP contribution in [0.25, 0.3) is 5.57 Å². The number of hydrogen-bond acceptors (Lipinski definition) is 4. The molecule has 0 saturated heterocycles. The number of anilines is 1. The lowest BCUT2D eigenvalue weighted by Gasteiger charge is -2.15. The van der Waals surface area contributed by atoms with Gasteiger partial charge >= 0.3 is 0 Å². The normalized spacial score (nSPS) is 13.9. The van der Waals surface area contributed by atoms with Crippen LogP contribution in [0.5, 0.6) is 0 Å².